The number of ether oxygens (including phenoxy) is 1. The van der Waals surface area contributed by atoms with Crippen LogP contribution < -0.4 is 0 Å². The molecule has 0 aliphatic rings. The van der Waals surface area contributed by atoms with E-state index in [-0.39, 0.29) is 22.3 Å². The molecule has 1 atom stereocenters. The average Bonchev–Trinajstić information content (AvgIpc) is 3.06. The summed E-state index contributed by atoms with van der Waals surface area (Å²) in [6.45, 7) is 11.2. The molecule has 0 aromatic heterocycles. The Morgan fingerprint density at radius 2 is 0.725 bits per heavy atom. The number of rotatable bonds is 14. The van der Waals surface area contributed by atoms with Gasteiger partial charge in [-0.2, -0.15) is 0 Å². The van der Waals surface area contributed by atoms with Crippen LogP contribution in [0.15, 0.2) is 97.1 Å². The molecule has 9 heteroatoms. The van der Waals surface area contributed by atoms with Crippen molar-refractivity contribution in [2.75, 3.05) is 0 Å². The van der Waals surface area contributed by atoms with E-state index in [0.29, 0.717) is 22.3 Å². The van der Waals surface area contributed by atoms with Crippen LogP contribution in [-0.4, -0.2) is 66.0 Å². The number of hydrogen-bond acceptors (Lipinski definition) is 9. The van der Waals surface area contributed by atoms with E-state index in [4.69, 9.17) is 4.74 Å². The van der Waals surface area contributed by atoms with E-state index in [1.807, 2.05) is 0 Å². The fourth-order valence-corrected chi connectivity index (χ4v) is 5.57. The molecule has 0 saturated carbocycles. The summed E-state index contributed by atoms with van der Waals surface area (Å²) in [5.41, 5.74) is -3.32. The molecular formula is C42H46O9. The third-order valence-corrected chi connectivity index (χ3v) is 8.41. The van der Waals surface area contributed by atoms with Crippen LogP contribution in [0.4, 0.5) is 0 Å². The van der Waals surface area contributed by atoms with Crippen molar-refractivity contribution >= 4 is 23.1 Å². The van der Waals surface area contributed by atoms with Gasteiger partial charge >= 0.3 is 0 Å². The zero-order chi connectivity index (χ0) is 38.1. The van der Waals surface area contributed by atoms with Crippen LogP contribution in [0.3, 0.4) is 0 Å². The van der Waals surface area contributed by atoms with Gasteiger partial charge < -0.3 is 25.2 Å². The van der Waals surface area contributed by atoms with Crippen molar-refractivity contribution in [3.63, 3.8) is 0 Å². The molecule has 4 aromatic carbocycles. The van der Waals surface area contributed by atoms with Gasteiger partial charge in [-0.3, -0.25) is 19.2 Å². The first kappa shape index (κ1) is 39.2. The fourth-order valence-electron chi connectivity index (χ4n) is 5.57. The number of benzene rings is 4. The molecule has 0 saturated heterocycles. The minimum absolute atomic E-state index is 0.211. The van der Waals surface area contributed by atoms with Crippen molar-refractivity contribution in [3.8, 4) is 0 Å². The second kappa shape index (κ2) is 14.5. The maximum Gasteiger partial charge on any atom is 0.194 e. The highest BCUT2D eigenvalue weighted by Gasteiger charge is 2.33. The molecule has 9 nitrogen and oxygen atoms in total. The van der Waals surface area contributed by atoms with Crippen LogP contribution in [0, 0.1) is 0 Å². The van der Waals surface area contributed by atoms with Gasteiger partial charge in [0.25, 0.3) is 0 Å². The Balaban J connectivity index is 1.92. The minimum atomic E-state index is -1.71. The molecule has 268 valence electrons. The number of hydrogen-bond donors (Lipinski definition) is 4. The first-order valence-electron chi connectivity index (χ1n) is 16.6. The summed E-state index contributed by atoms with van der Waals surface area (Å²) in [7, 11) is 0. The summed E-state index contributed by atoms with van der Waals surface area (Å²) in [4.78, 5) is 52.1. The van der Waals surface area contributed by atoms with Gasteiger partial charge in [-0.25, -0.2) is 0 Å². The van der Waals surface area contributed by atoms with Crippen molar-refractivity contribution in [1.29, 1.82) is 0 Å². The number of carbonyl (C=O) groups excluding carboxylic acids is 4. The van der Waals surface area contributed by atoms with Crippen molar-refractivity contribution in [2.24, 2.45) is 0 Å². The molecule has 0 aliphatic heterocycles. The van der Waals surface area contributed by atoms with Crippen LogP contribution in [0.5, 0.6) is 0 Å². The Bertz CT molecular complexity index is 1830. The number of ketones is 4. The third-order valence-electron chi connectivity index (χ3n) is 8.41. The van der Waals surface area contributed by atoms with Gasteiger partial charge in [-0.05, 0) is 77.6 Å². The third kappa shape index (κ3) is 9.18. The molecule has 51 heavy (non-hydrogen) atoms. The van der Waals surface area contributed by atoms with E-state index in [1.54, 1.807) is 97.1 Å². The lowest BCUT2D eigenvalue weighted by Crippen LogP contribution is -2.32. The molecule has 4 aromatic rings. The number of carbonyl (C=O) groups is 4. The minimum Gasteiger partial charge on any atom is -0.382 e. The Morgan fingerprint density at radius 1 is 0.431 bits per heavy atom. The van der Waals surface area contributed by atoms with E-state index >= 15 is 0 Å². The molecule has 4 N–H and O–H groups in total. The Kier molecular flexibility index (Phi) is 11.2. The van der Waals surface area contributed by atoms with Gasteiger partial charge in [0.1, 0.15) is 34.6 Å². The Hall–Kier alpha value is -4.64. The van der Waals surface area contributed by atoms with Crippen molar-refractivity contribution in [3.05, 3.63) is 142 Å². The maximum atomic E-state index is 13.6. The predicted octanol–water partition coefficient (Wildman–Crippen LogP) is 6.40. The van der Waals surface area contributed by atoms with E-state index in [1.165, 1.54) is 55.4 Å². The Morgan fingerprint density at radius 3 is 1.04 bits per heavy atom. The normalized spacial score (nSPS) is 13.2. The first-order valence-corrected chi connectivity index (χ1v) is 16.6. The van der Waals surface area contributed by atoms with Gasteiger partial charge in [0.15, 0.2) is 23.1 Å². The summed E-state index contributed by atoms with van der Waals surface area (Å²) in [5, 5.41) is 41.7. The molecule has 0 fully saturated rings. The van der Waals surface area contributed by atoms with Crippen molar-refractivity contribution in [2.45, 2.75) is 90.0 Å². The lowest BCUT2D eigenvalue weighted by atomic mass is 9.88. The molecular weight excluding hydrogens is 648 g/mol. The quantitative estimate of drug-likeness (QED) is 0.110. The molecule has 0 heterocycles. The van der Waals surface area contributed by atoms with Crippen LogP contribution in [0.25, 0.3) is 0 Å². The van der Waals surface area contributed by atoms with E-state index in [2.05, 4.69) is 0 Å². The number of Topliss-reactive ketones (excluding diaryl/α,β-unsaturated/α-hetero) is 4. The second-order valence-electron chi connectivity index (χ2n) is 14.9. The van der Waals surface area contributed by atoms with Crippen LogP contribution in [-0.2, 0) is 4.74 Å². The highest BCUT2D eigenvalue weighted by Crippen LogP contribution is 2.39. The van der Waals surface area contributed by atoms with Crippen molar-refractivity contribution < 1.29 is 44.3 Å². The summed E-state index contributed by atoms with van der Waals surface area (Å²) < 4.78 is 6.96. The predicted molar refractivity (Wildman–Crippen MR) is 193 cm³/mol. The lowest BCUT2D eigenvalue weighted by Gasteiger charge is -2.29. The molecule has 0 radical (unpaired) electrons. The molecule has 0 bridgehead atoms. The molecule has 4 rings (SSSR count). The maximum absolute atomic E-state index is 13.6. The topological polar surface area (TPSA) is 158 Å². The number of aliphatic hydroxyl groups is 4. The standard InChI is InChI=1S/C42H46O9/c1-39(2,47)35(43)28-19-13-25(14-20-28)33(26-15-21-29(22-16-26)36(44)40(3,4)48)51-34(27-17-23-30(24-18-27)37(45)41(5,6)49)31-11-9-10-12-32(31)38(46)42(7,8)50/h9-24,33-34,47-50H,1-8H3. The second-order valence-corrected chi connectivity index (χ2v) is 14.9. The zero-order valence-corrected chi connectivity index (χ0v) is 30.2. The smallest absolute Gasteiger partial charge is 0.194 e. The first-order chi connectivity index (χ1) is 23.5. The largest absolute Gasteiger partial charge is 0.382 e. The lowest BCUT2D eigenvalue weighted by molar-refractivity contribution is 0.0286. The SMILES string of the molecule is CC(C)(O)C(=O)c1ccc(C(OC(c2ccc(C(=O)C(C)(C)O)cc2)c2ccccc2C(=O)C(C)(C)O)c2ccc(C(=O)C(C)(C)O)cc2)cc1. The monoisotopic (exact) mass is 694 g/mol. The summed E-state index contributed by atoms with van der Waals surface area (Å²) in [5.74, 6) is -1.97. The zero-order valence-electron chi connectivity index (χ0n) is 30.2. The molecule has 0 spiro atoms. The van der Waals surface area contributed by atoms with E-state index in [9.17, 15) is 39.6 Å². The van der Waals surface area contributed by atoms with Crippen LogP contribution in [0.2, 0.25) is 0 Å². The Labute approximate surface area is 298 Å². The van der Waals surface area contributed by atoms with Gasteiger partial charge in [0.2, 0.25) is 0 Å². The van der Waals surface area contributed by atoms with E-state index < -0.39 is 57.7 Å². The summed E-state index contributed by atoms with van der Waals surface area (Å²) in [6.07, 6.45) is -1.85. The van der Waals surface area contributed by atoms with Gasteiger partial charge in [0.05, 0.1) is 0 Å². The average molecular weight is 695 g/mol. The van der Waals surface area contributed by atoms with Gasteiger partial charge in [-0.15, -0.1) is 0 Å². The fraction of sp³-hybridized carbons (Fsp3) is 0.333. The highest BCUT2D eigenvalue weighted by molar-refractivity contribution is 6.04. The molecule has 0 amide bonds. The highest BCUT2D eigenvalue weighted by atomic mass is 16.5. The summed E-state index contributed by atoms with van der Waals surface area (Å²) >= 11 is 0. The summed E-state index contributed by atoms with van der Waals surface area (Å²) in [6, 6.07) is 26.3. The van der Waals surface area contributed by atoms with Gasteiger partial charge in [-0.1, -0.05) is 97.1 Å². The molecule has 1 unspecified atom stereocenters. The van der Waals surface area contributed by atoms with Crippen LogP contribution in [0.1, 0.15) is 131 Å². The van der Waals surface area contributed by atoms with Gasteiger partial charge in [0, 0.05) is 22.3 Å². The van der Waals surface area contributed by atoms with E-state index in [0.717, 1.165) is 0 Å². The van der Waals surface area contributed by atoms with Crippen molar-refractivity contribution in [1.82, 2.24) is 0 Å². The van der Waals surface area contributed by atoms with Crippen LogP contribution >= 0.6 is 0 Å². The molecule has 0 aliphatic carbocycles.